The Labute approximate surface area is 138 Å². The molecule has 128 valence electrons. The standard InChI is InChI=1S/C12H12N4O2.C3H8.C2H6.H2/c1-15-9-5-3-2-4-8(9)11(14-15)16-7-6-10(17)13-12(16)18;1-3-2;1-2;/h2-5H,6-7H2,1H3,(H,13,17,18);3H2,1-2H3;1-2H3;1H. The number of carbonyl (C=O) groups excluding carboxylic acids is 2. The molecular weight excluding hydrogens is 292 g/mol. The summed E-state index contributed by atoms with van der Waals surface area (Å²) < 4.78 is 1.73. The van der Waals surface area contributed by atoms with Crippen LogP contribution < -0.4 is 10.2 Å². The van der Waals surface area contributed by atoms with Gasteiger partial charge in [-0.15, -0.1) is 0 Å². The van der Waals surface area contributed by atoms with Crippen molar-refractivity contribution < 1.29 is 11.0 Å². The highest BCUT2D eigenvalue weighted by atomic mass is 16.2. The van der Waals surface area contributed by atoms with Crippen molar-refractivity contribution in [2.45, 2.75) is 40.5 Å². The fourth-order valence-corrected chi connectivity index (χ4v) is 2.16. The summed E-state index contributed by atoms with van der Waals surface area (Å²) in [5.41, 5.74) is 0.956. The van der Waals surface area contributed by atoms with E-state index in [0.717, 1.165) is 10.9 Å². The van der Waals surface area contributed by atoms with Gasteiger partial charge in [-0.1, -0.05) is 46.2 Å². The van der Waals surface area contributed by atoms with Crippen LogP contribution in [0.2, 0.25) is 0 Å². The Hall–Kier alpha value is -2.37. The van der Waals surface area contributed by atoms with Gasteiger partial charge in [0.25, 0.3) is 0 Å². The summed E-state index contributed by atoms with van der Waals surface area (Å²) in [5, 5.41) is 7.57. The zero-order chi connectivity index (χ0) is 17.4. The Balaban J connectivity index is 0.000000799. The lowest BCUT2D eigenvalue weighted by molar-refractivity contribution is -0.120. The predicted molar refractivity (Wildman–Crippen MR) is 95.6 cm³/mol. The van der Waals surface area contributed by atoms with Gasteiger partial charge in [-0.25, -0.2) is 4.79 Å². The molecule has 2 heterocycles. The molecule has 1 aliphatic rings. The second-order valence-electron chi connectivity index (χ2n) is 4.93. The fourth-order valence-electron chi connectivity index (χ4n) is 2.16. The van der Waals surface area contributed by atoms with Crippen molar-refractivity contribution in [1.82, 2.24) is 15.1 Å². The molecule has 3 amide bonds. The molecule has 0 aliphatic carbocycles. The van der Waals surface area contributed by atoms with Crippen LogP contribution in [-0.4, -0.2) is 28.3 Å². The van der Waals surface area contributed by atoms with Crippen molar-refractivity contribution in [3.63, 3.8) is 0 Å². The number of amides is 3. The molecule has 1 aliphatic heterocycles. The third kappa shape index (κ3) is 4.31. The lowest BCUT2D eigenvalue weighted by Crippen LogP contribution is -2.49. The summed E-state index contributed by atoms with van der Waals surface area (Å²) in [7, 11) is 1.83. The first-order valence-electron chi connectivity index (χ1n) is 8.11. The van der Waals surface area contributed by atoms with E-state index >= 15 is 0 Å². The minimum atomic E-state index is -0.407. The average molecular weight is 320 g/mol. The van der Waals surface area contributed by atoms with E-state index in [1.807, 2.05) is 45.2 Å². The van der Waals surface area contributed by atoms with Crippen molar-refractivity contribution in [3.05, 3.63) is 24.3 Å². The molecule has 1 fully saturated rings. The van der Waals surface area contributed by atoms with Crippen LogP contribution in [0.4, 0.5) is 10.6 Å². The minimum Gasteiger partial charge on any atom is -0.278 e. The van der Waals surface area contributed by atoms with Gasteiger partial charge in [-0.3, -0.25) is 19.7 Å². The Kier molecular flexibility index (Phi) is 7.25. The van der Waals surface area contributed by atoms with E-state index in [1.54, 1.807) is 4.68 Å². The first-order chi connectivity index (χ1) is 11.1. The van der Waals surface area contributed by atoms with Crippen LogP contribution in [-0.2, 0) is 11.8 Å². The van der Waals surface area contributed by atoms with Crippen molar-refractivity contribution in [2.75, 3.05) is 11.4 Å². The van der Waals surface area contributed by atoms with Crippen LogP contribution in [0.5, 0.6) is 0 Å². The number of rotatable bonds is 1. The summed E-state index contributed by atoms with van der Waals surface area (Å²) in [6.45, 7) is 8.62. The van der Waals surface area contributed by atoms with Crippen LogP contribution in [0.15, 0.2) is 24.3 Å². The highest BCUT2D eigenvalue weighted by molar-refractivity contribution is 6.08. The van der Waals surface area contributed by atoms with Gasteiger partial charge < -0.3 is 0 Å². The number of nitrogens with zero attached hydrogens (tertiary/aromatic N) is 3. The molecule has 1 N–H and O–H groups in total. The molecule has 0 unspecified atom stereocenters. The van der Waals surface area contributed by atoms with Gasteiger partial charge in [0.1, 0.15) is 0 Å². The molecule has 1 aromatic carbocycles. The molecule has 0 spiro atoms. The van der Waals surface area contributed by atoms with E-state index < -0.39 is 6.03 Å². The fraction of sp³-hybridized carbons (Fsp3) is 0.471. The van der Waals surface area contributed by atoms with Gasteiger partial charge in [0.05, 0.1) is 5.52 Å². The molecule has 2 aromatic rings. The number of anilines is 1. The molecule has 1 aromatic heterocycles. The quantitative estimate of drug-likeness (QED) is 0.871. The van der Waals surface area contributed by atoms with Gasteiger partial charge in [0.15, 0.2) is 5.82 Å². The maximum atomic E-state index is 11.8. The molecule has 1 saturated heterocycles. The van der Waals surface area contributed by atoms with E-state index in [2.05, 4.69) is 24.3 Å². The molecule has 0 bridgehead atoms. The Bertz CT molecular complexity index is 670. The minimum absolute atomic E-state index is 0. The van der Waals surface area contributed by atoms with Crippen molar-refractivity contribution in [2.24, 2.45) is 7.05 Å². The summed E-state index contributed by atoms with van der Waals surface area (Å²) >= 11 is 0. The number of nitrogens with one attached hydrogen (secondary N) is 1. The van der Waals surface area contributed by atoms with E-state index in [0.29, 0.717) is 18.8 Å². The first-order valence-corrected chi connectivity index (χ1v) is 8.11. The number of imide groups is 1. The predicted octanol–water partition coefficient (Wildman–Crippen LogP) is 3.71. The number of benzene rings is 1. The number of aromatic nitrogens is 2. The molecule has 0 radical (unpaired) electrons. The number of carbonyl (C=O) groups is 2. The van der Waals surface area contributed by atoms with Gasteiger partial charge in [-0.2, -0.15) is 5.10 Å². The van der Waals surface area contributed by atoms with Crippen molar-refractivity contribution >= 4 is 28.7 Å². The normalized spacial score (nSPS) is 13.7. The van der Waals surface area contributed by atoms with Crippen LogP contribution >= 0.6 is 0 Å². The molecule has 6 nitrogen and oxygen atoms in total. The van der Waals surface area contributed by atoms with Crippen molar-refractivity contribution in [1.29, 1.82) is 0 Å². The molecule has 3 rings (SSSR count). The lowest BCUT2D eigenvalue weighted by atomic mass is 10.2. The SMILES string of the molecule is CC.CCC.Cn1nc(N2CCC(=O)NC2=O)c2ccccc21.[HH]. The topological polar surface area (TPSA) is 67.2 Å². The molecule has 0 atom stereocenters. The zero-order valence-corrected chi connectivity index (χ0v) is 14.6. The molecule has 23 heavy (non-hydrogen) atoms. The number of fused-ring (bicyclic) bond motifs is 1. The highest BCUT2D eigenvalue weighted by Crippen LogP contribution is 2.26. The van der Waals surface area contributed by atoms with Gasteiger partial charge >= 0.3 is 6.03 Å². The summed E-state index contributed by atoms with van der Waals surface area (Å²) in [6.07, 6.45) is 1.55. The Morgan fingerprint density at radius 1 is 1.22 bits per heavy atom. The number of para-hydroxylation sites is 1. The summed E-state index contributed by atoms with van der Waals surface area (Å²) in [5.74, 6) is 0.356. The maximum Gasteiger partial charge on any atom is 0.329 e. The van der Waals surface area contributed by atoms with Crippen molar-refractivity contribution in [3.8, 4) is 0 Å². The zero-order valence-electron chi connectivity index (χ0n) is 14.6. The molecule has 0 saturated carbocycles. The van der Waals surface area contributed by atoms with E-state index in [1.165, 1.54) is 11.3 Å². The van der Waals surface area contributed by atoms with Gasteiger partial charge in [0.2, 0.25) is 5.91 Å². The lowest BCUT2D eigenvalue weighted by Gasteiger charge is -2.24. The van der Waals surface area contributed by atoms with E-state index in [9.17, 15) is 9.59 Å². The third-order valence-corrected chi connectivity index (χ3v) is 3.05. The van der Waals surface area contributed by atoms with Gasteiger partial charge in [0, 0.05) is 26.8 Å². The number of hydrogen-bond acceptors (Lipinski definition) is 3. The monoisotopic (exact) mass is 320 g/mol. The smallest absolute Gasteiger partial charge is 0.278 e. The molecular formula is C17H28N4O2. The van der Waals surface area contributed by atoms with E-state index in [-0.39, 0.29) is 7.33 Å². The second-order valence-corrected chi connectivity index (χ2v) is 4.93. The second kappa shape index (κ2) is 8.92. The summed E-state index contributed by atoms with van der Waals surface area (Å²) in [4.78, 5) is 24.4. The van der Waals surface area contributed by atoms with Gasteiger partial charge in [-0.05, 0) is 12.1 Å². The number of aryl methyl sites for hydroxylation is 1. The Morgan fingerprint density at radius 2 is 1.83 bits per heavy atom. The van der Waals surface area contributed by atoms with Crippen LogP contribution in [0, 0.1) is 0 Å². The number of hydrogen-bond donors (Lipinski definition) is 1. The Morgan fingerprint density at radius 3 is 2.43 bits per heavy atom. The van der Waals surface area contributed by atoms with E-state index in [4.69, 9.17) is 0 Å². The first kappa shape index (κ1) is 18.7. The largest absolute Gasteiger partial charge is 0.329 e. The van der Waals surface area contributed by atoms with Crippen LogP contribution in [0.25, 0.3) is 10.9 Å². The van der Waals surface area contributed by atoms with Crippen LogP contribution in [0.3, 0.4) is 0 Å². The third-order valence-electron chi connectivity index (χ3n) is 3.05. The highest BCUT2D eigenvalue weighted by Gasteiger charge is 2.27. The maximum absolute atomic E-state index is 11.8. The average Bonchev–Trinajstić information content (AvgIpc) is 2.88. The molecule has 6 heteroatoms. The van der Waals surface area contributed by atoms with Crippen LogP contribution in [0.1, 0.15) is 42.0 Å². The number of urea groups is 1. The summed E-state index contributed by atoms with van der Waals surface area (Å²) in [6, 6.07) is 7.28.